The van der Waals surface area contributed by atoms with Crippen LogP contribution in [0.4, 0.5) is 0 Å². The third-order valence-corrected chi connectivity index (χ3v) is 7.17. The van der Waals surface area contributed by atoms with Crippen LogP contribution in [-0.2, 0) is 9.47 Å². The molecule has 3 aliphatic rings. The van der Waals surface area contributed by atoms with Crippen LogP contribution in [0.5, 0.6) is 0 Å². The fourth-order valence-corrected chi connectivity index (χ4v) is 6.00. The van der Waals surface area contributed by atoms with Crippen molar-refractivity contribution in [2.24, 2.45) is 11.8 Å². The molecule has 4 atom stereocenters. The molecular formula is C12H12Cl4O2. The zero-order valence-corrected chi connectivity index (χ0v) is 12.9. The first-order valence-corrected chi connectivity index (χ1v) is 7.14. The average Bonchev–Trinajstić information content (AvgIpc) is 2.94. The summed E-state index contributed by atoms with van der Waals surface area (Å²) in [5.74, 6) is -1.24. The van der Waals surface area contributed by atoms with Crippen molar-refractivity contribution in [3.8, 4) is 0 Å². The highest BCUT2D eigenvalue weighted by atomic mass is 35.5. The predicted molar refractivity (Wildman–Crippen MR) is 73.4 cm³/mol. The molecule has 0 radical (unpaired) electrons. The van der Waals surface area contributed by atoms with E-state index in [2.05, 4.69) is 6.08 Å². The second-order valence-corrected chi connectivity index (χ2v) is 6.82. The van der Waals surface area contributed by atoms with Crippen molar-refractivity contribution in [1.82, 2.24) is 0 Å². The van der Waals surface area contributed by atoms with Gasteiger partial charge >= 0.3 is 0 Å². The fourth-order valence-electron chi connectivity index (χ4n) is 3.80. The minimum absolute atomic E-state index is 0.0339. The Kier molecular flexibility index (Phi) is 2.86. The van der Waals surface area contributed by atoms with Crippen LogP contribution in [0.3, 0.4) is 0 Å². The van der Waals surface area contributed by atoms with Crippen molar-refractivity contribution in [2.75, 3.05) is 14.2 Å². The van der Waals surface area contributed by atoms with Crippen LogP contribution in [0.25, 0.3) is 0 Å². The molecule has 0 N–H and O–H groups in total. The number of fused-ring (bicyclic) bond motifs is 5. The molecule has 1 fully saturated rings. The van der Waals surface area contributed by atoms with E-state index in [4.69, 9.17) is 55.9 Å². The van der Waals surface area contributed by atoms with Crippen LogP contribution >= 0.6 is 46.4 Å². The number of allylic oxidation sites excluding steroid dienone is 2. The van der Waals surface area contributed by atoms with Crippen molar-refractivity contribution in [2.45, 2.75) is 22.0 Å². The Hall–Kier alpha value is 0.560. The van der Waals surface area contributed by atoms with Crippen molar-refractivity contribution < 1.29 is 9.47 Å². The van der Waals surface area contributed by atoms with E-state index in [9.17, 15) is 0 Å². The van der Waals surface area contributed by atoms with Gasteiger partial charge in [-0.25, -0.2) is 0 Å². The summed E-state index contributed by atoms with van der Waals surface area (Å²) in [5, 5.41) is 0.673. The molecule has 0 heterocycles. The van der Waals surface area contributed by atoms with Crippen LogP contribution in [0, 0.1) is 11.8 Å². The third kappa shape index (κ3) is 1.02. The standard InChI is InChI=1S/C12H12Cl4O2/c1-17-12(18-2)10(15)6-4-3-5-7(6)11(12,16)9(14)8(10)13/h3-4,6-7H,5H2,1-2H3/t6-,7+,10+,11-/m1/s1. The highest BCUT2D eigenvalue weighted by Gasteiger charge is 2.84. The zero-order valence-electron chi connectivity index (χ0n) is 9.84. The molecule has 0 spiro atoms. The van der Waals surface area contributed by atoms with Crippen LogP contribution in [0.2, 0.25) is 0 Å². The fraction of sp³-hybridized carbons (Fsp3) is 0.667. The zero-order chi connectivity index (χ0) is 13.3. The number of alkyl halides is 2. The summed E-state index contributed by atoms with van der Waals surface area (Å²) in [6.07, 6.45) is 4.87. The highest BCUT2D eigenvalue weighted by Crippen LogP contribution is 2.75. The number of halogens is 4. The molecular weight excluding hydrogens is 318 g/mol. The first-order valence-electron chi connectivity index (χ1n) is 5.62. The number of hydrogen-bond acceptors (Lipinski definition) is 2. The molecule has 3 aliphatic carbocycles. The molecule has 2 bridgehead atoms. The molecule has 18 heavy (non-hydrogen) atoms. The second kappa shape index (κ2) is 3.81. The van der Waals surface area contributed by atoms with Gasteiger partial charge in [-0.15, -0.1) is 23.2 Å². The molecule has 0 aliphatic heterocycles. The summed E-state index contributed by atoms with van der Waals surface area (Å²) < 4.78 is 11.2. The highest BCUT2D eigenvalue weighted by molar-refractivity contribution is 6.52. The summed E-state index contributed by atoms with van der Waals surface area (Å²) in [7, 11) is 3.03. The van der Waals surface area contributed by atoms with E-state index in [1.54, 1.807) is 0 Å². The summed E-state index contributed by atoms with van der Waals surface area (Å²) in [5.41, 5.74) is 0. The maximum absolute atomic E-state index is 6.81. The number of rotatable bonds is 2. The molecule has 6 heteroatoms. The SMILES string of the molecule is COC1(OC)[C@@]2(Cl)C(Cl)=C(Cl)[C@]1(Cl)[C@H]1CC=C[C@H]12. The van der Waals surface area contributed by atoms with Gasteiger partial charge in [-0.2, -0.15) is 0 Å². The number of hydrogen-bond donors (Lipinski definition) is 0. The van der Waals surface area contributed by atoms with Crippen LogP contribution < -0.4 is 0 Å². The topological polar surface area (TPSA) is 18.5 Å². The van der Waals surface area contributed by atoms with Gasteiger partial charge in [-0.1, -0.05) is 35.4 Å². The molecule has 3 rings (SSSR count). The smallest absolute Gasteiger partial charge is 0.218 e. The lowest BCUT2D eigenvalue weighted by molar-refractivity contribution is -0.220. The summed E-state index contributed by atoms with van der Waals surface area (Å²) in [6.45, 7) is 0. The van der Waals surface area contributed by atoms with Gasteiger partial charge in [0.25, 0.3) is 0 Å². The first-order chi connectivity index (χ1) is 8.41. The second-order valence-electron chi connectivity index (χ2n) is 4.87. The van der Waals surface area contributed by atoms with Crippen LogP contribution in [-0.4, -0.2) is 29.8 Å². The minimum Gasteiger partial charge on any atom is -0.350 e. The summed E-state index contributed by atoms with van der Waals surface area (Å²) >= 11 is 26.3. The van der Waals surface area contributed by atoms with E-state index in [0.717, 1.165) is 6.42 Å². The van der Waals surface area contributed by atoms with E-state index >= 15 is 0 Å². The number of ether oxygens (including phenoxy) is 2. The lowest BCUT2D eigenvalue weighted by Crippen LogP contribution is -2.57. The Morgan fingerprint density at radius 3 is 2.22 bits per heavy atom. The Labute approximate surface area is 126 Å². The Morgan fingerprint density at radius 2 is 1.67 bits per heavy atom. The Bertz CT molecular complexity index is 471. The first kappa shape index (κ1) is 13.5. The lowest BCUT2D eigenvalue weighted by Gasteiger charge is -2.41. The van der Waals surface area contributed by atoms with Gasteiger partial charge in [-0.3, -0.25) is 0 Å². The van der Waals surface area contributed by atoms with E-state index in [1.807, 2.05) is 6.08 Å². The van der Waals surface area contributed by atoms with Crippen molar-refractivity contribution in [1.29, 1.82) is 0 Å². The van der Waals surface area contributed by atoms with Crippen molar-refractivity contribution in [3.05, 3.63) is 22.2 Å². The quantitative estimate of drug-likeness (QED) is 0.435. The van der Waals surface area contributed by atoms with E-state index < -0.39 is 15.5 Å². The largest absolute Gasteiger partial charge is 0.350 e. The third-order valence-electron chi connectivity index (χ3n) is 4.50. The average molecular weight is 330 g/mol. The van der Waals surface area contributed by atoms with E-state index in [0.29, 0.717) is 10.1 Å². The Morgan fingerprint density at radius 1 is 1.11 bits per heavy atom. The maximum Gasteiger partial charge on any atom is 0.218 e. The van der Waals surface area contributed by atoms with Gasteiger partial charge in [0.1, 0.15) is 9.75 Å². The van der Waals surface area contributed by atoms with E-state index in [-0.39, 0.29) is 11.8 Å². The molecule has 0 saturated heterocycles. The molecule has 1 saturated carbocycles. The monoisotopic (exact) mass is 328 g/mol. The van der Waals surface area contributed by atoms with Gasteiger partial charge < -0.3 is 9.47 Å². The van der Waals surface area contributed by atoms with E-state index in [1.165, 1.54) is 14.2 Å². The van der Waals surface area contributed by atoms with Crippen molar-refractivity contribution in [3.63, 3.8) is 0 Å². The molecule has 0 aromatic carbocycles. The number of methoxy groups -OCH3 is 2. The molecule has 0 amide bonds. The Balaban J connectivity index is 2.32. The van der Waals surface area contributed by atoms with Gasteiger partial charge in [0.05, 0.1) is 10.1 Å². The van der Waals surface area contributed by atoms with Crippen LogP contribution in [0.1, 0.15) is 6.42 Å². The molecule has 0 aromatic rings. The summed E-state index contributed by atoms with van der Waals surface area (Å²) in [6, 6.07) is 0. The molecule has 0 unspecified atom stereocenters. The minimum atomic E-state index is -1.24. The summed E-state index contributed by atoms with van der Waals surface area (Å²) in [4.78, 5) is -2.10. The van der Waals surface area contributed by atoms with Gasteiger partial charge in [0.15, 0.2) is 0 Å². The van der Waals surface area contributed by atoms with Gasteiger partial charge in [-0.05, 0) is 6.42 Å². The predicted octanol–water partition coefficient (Wildman–Crippen LogP) is 3.84. The molecule has 2 nitrogen and oxygen atoms in total. The molecule has 0 aromatic heterocycles. The lowest BCUT2D eigenvalue weighted by atomic mass is 9.84. The maximum atomic E-state index is 6.81. The van der Waals surface area contributed by atoms with Gasteiger partial charge in [0, 0.05) is 26.1 Å². The van der Waals surface area contributed by atoms with Gasteiger partial charge in [0.2, 0.25) is 5.79 Å². The van der Waals surface area contributed by atoms with Crippen molar-refractivity contribution >= 4 is 46.4 Å². The van der Waals surface area contributed by atoms with Crippen LogP contribution in [0.15, 0.2) is 22.2 Å². The molecule has 100 valence electrons. The normalized spacial score (nSPS) is 48.1.